The van der Waals surface area contributed by atoms with Crippen LogP contribution in [-0.4, -0.2) is 26.2 Å². The van der Waals surface area contributed by atoms with E-state index >= 15 is 0 Å². The van der Waals surface area contributed by atoms with Crippen LogP contribution in [0.1, 0.15) is 18.4 Å². The third-order valence-corrected chi connectivity index (χ3v) is 3.15. The van der Waals surface area contributed by atoms with Crippen LogP contribution in [0, 0.1) is 17.2 Å². The summed E-state index contributed by atoms with van der Waals surface area (Å²) in [5, 5.41) is 8.94. The first kappa shape index (κ1) is 15.6. The van der Waals surface area contributed by atoms with Gasteiger partial charge in [-0.3, -0.25) is 4.79 Å². The molecule has 1 aliphatic rings. The lowest BCUT2D eigenvalue weighted by atomic mass is 10.1. The Morgan fingerprint density at radius 3 is 2.55 bits per heavy atom. The van der Waals surface area contributed by atoms with Gasteiger partial charge in [-0.1, -0.05) is 6.07 Å². The molecule has 0 spiro atoms. The Morgan fingerprint density at radius 1 is 1.27 bits per heavy atom. The Hall–Kier alpha value is -2.81. The molecule has 0 radical (unpaired) electrons. The Labute approximate surface area is 127 Å². The van der Waals surface area contributed by atoms with Crippen molar-refractivity contribution in [1.82, 2.24) is 0 Å². The van der Waals surface area contributed by atoms with Crippen molar-refractivity contribution in [2.75, 3.05) is 14.2 Å². The van der Waals surface area contributed by atoms with Crippen molar-refractivity contribution < 1.29 is 23.8 Å². The van der Waals surface area contributed by atoms with Gasteiger partial charge in [-0.2, -0.15) is 5.26 Å². The van der Waals surface area contributed by atoms with Gasteiger partial charge in [0.05, 0.1) is 20.1 Å². The molecule has 1 aromatic carbocycles. The van der Waals surface area contributed by atoms with E-state index in [1.165, 1.54) is 20.3 Å². The summed E-state index contributed by atoms with van der Waals surface area (Å²) in [4.78, 5) is 23.1. The zero-order valence-corrected chi connectivity index (χ0v) is 12.3. The van der Waals surface area contributed by atoms with Crippen LogP contribution in [0.4, 0.5) is 0 Å². The Bertz CT molecular complexity index is 668. The molecule has 2 rings (SSSR count). The molecular formula is C16H15NO5. The molecule has 0 saturated heterocycles. The first-order chi connectivity index (χ1) is 10.6. The summed E-state index contributed by atoms with van der Waals surface area (Å²) < 4.78 is 15.0. The minimum atomic E-state index is -0.717. The molecule has 6 heteroatoms. The van der Waals surface area contributed by atoms with Gasteiger partial charge in [0.25, 0.3) is 0 Å². The van der Waals surface area contributed by atoms with E-state index in [-0.39, 0.29) is 17.5 Å². The van der Waals surface area contributed by atoms with E-state index in [1.54, 1.807) is 24.3 Å². The minimum absolute atomic E-state index is 0.0196. The number of nitriles is 1. The summed E-state index contributed by atoms with van der Waals surface area (Å²) in [6, 6.07) is 6.54. The molecular weight excluding hydrogens is 286 g/mol. The zero-order valence-electron chi connectivity index (χ0n) is 12.3. The van der Waals surface area contributed by atoms with Gasteiger partial charge in [-0.05, 0) is 36.6 Å². The summed E-state index contributed by atoms with van der Waals surface area (Å²) in [7, 11) is 2.65. The van der Waals surface area contributed by atoms with Crippen LogP contribution in [-0.2, 0) is 14.3 Å². The number of ether oxygens (including phenoxy) is 3. The van der Waals surface area contributed by atoms with Crippen LogP contribution >= 0.6 is 0 Å². The maximum Gasteiger partial charge on any atom is 0.348 e. The van der Waals surface area contributed by atoms with E-state index in [0.29, 0.717) is 17.1 Å². The predicted molar refractivity (Wildman–Crippen MR) is 77.0 cm³/mol. The molecule has 0 amide bonds. The largest absolute Gasteiger partial charge is 0.493 e. The van der Waals surface area contributed by atoms with E-state index < -0.39 is 5.97 Å². The number of benzene rings is 1. The normalized spacial score (nSPS) is 14.0. The van der Waals surface area contributed by atoms with E-state index in [1.807, 2.05) is 0 Å². The van der Waals surface area contributed by atoms with Crippen molar-refractivity contribution in [2.45, 2.75) is 12.8 Å². The Balaban J connectivity index is 2.24. The topological polar surface area (TPSA) is 85.6 Å². The summed E-state index contributed by atoms with van der Waals surface area (Å²) in [5.41, 5.74) is 0.428. The molecule has 114 valence electrons. The highest BCUT2D eigenvalue weighted by Gasteiger charge is 2.32. The molecule has 1 saturated carbocycles. The van der Waals surface area contributed by atoms with Crippen molar-refractivity contribution in [3.8, 4) is 17.6 Å². The fourth-order valence-electron chi connectivity index (χ4n) is 1.78. The van der Waals surface area contributed by atoms with Crippen molar-refractivity contribution in [3.63, 3.8) is 0 Å². The number of nitrogens with zero attached hydrogens (tertiary/aromatic N) is 1. The molecule has 0 bridgehead atoms. The molecule has 1 aromatic rings. The average Bonchev–Trinajstić information content (AvgIpc) is 3.37. The van der Waals surface area contributed by atoms with Gasteiger partial charge in [0.1, 0.15) is 11.6 Å². The maximum absolute atomic E-state index is 11.7. The molecule has 0 atom stereocenters. The lowest BCUT2D eigenvalue weighted by Gasteiger charge is -2.09. The van der Waals surface area contributed by atoms with Crippen molar-refractivity contribution >= 4 is 18.0 Å². The third kappa shape index (κ3) is 3.64. The fraction of sp³-hybridized carbons (Fsp3) is 0.312. The Morgan fingerprint density at radius 2 is 2.00 bits per heavy atom. The second kappa shape index (κ2) is 6.76. The first-order valence-corrected chi connectivity index (χ1v) is 6.69. The first-order valence-electron chi connectivity index (χ1n) is 6.69. The quantitative estimate of drug-likeness (QED) is 0.358. The van der Waals surface area contributed by atoms with Gasteiger partial charge < -0.3 is 14.2 Å². The van der Waals surface area contributed by atoms with Crippen LogP contribution in [0.15, 0.2) is 23.8 Å². The van der Waals surface area contributed by atoms with Gasteiger partial charge in [0.2, 0.25) is 0 Å². The highest BCUT2D eigenvalue weighted by molar-refractivity contribution is 5.97. The van der Waals surface area contributed by atoms with Crippen LogP contribution < -0.4 is 9.47 Å². The lowest BCUT2D eigenvalue weighted by molar-refractivity contribution is -0.136. The number of rotatable bonds is 5. The van der Waals surface area contributed by atoms with E-state index in [2.05, 4.69) is 4.74 Å². The number of hydrogen-bond acceptors (Lipinski definition) is 6. The lowest BCUT2D eigenvalue weighted by Crippen LogP contribution is -2.10. The number of esters is 2. The fourth-order valence-corrected chi connectivity index (χ4v) is 1.78. The van der Waals surface area contributed by atoms with E-state index in [4.69, 9.17) is 14.7 Å². The molecule has 1 fully saturated rings. The standard InChI is InChI=1S/C16H15NO5/c1-20-14-8-10(7-12(9-17)15(18)21-2)3-6-13(14)22-16(19)11-4-5-11/h3,6-8,11H,4-5H2,1-2H3/b12-7+. The number of carbonyl (C=O) groups is 2. The van der Waals surface area contributed by atoms with Crippen molar-refractivity contribution in [1.29, 1.82) is 5.26 Å². The molecule has 22 heavy (non-hydrogen) atoms. The molecule has 0 aliphatic heterocycles. The molecule has 6 nitrogen and oxygen atoms in total. The molecule has 0 N–H and O–H groups in total. The molecule has 0 unspecified atom stereocenters. The second-order valence-electron chi connectivity index (χ2n) is 4.77. The predicted octanol–water partition coefficient (Wildman–Crippen LogP) is 2.09. The summed E-state index contributed by atoms with van der Waals surface area (Å²) in [6.45, 7) is 0. The zero-order chi connectivity index (χ0) is 16.1. The third-order valence-electron chi connectivity index (χ3n) is 3.15. The molecule has 0 heterocycles. The number of hydrogen-bond donors (Lipinski definition) is 0. The van der Waals surface area contributed by atoms with Crippen LogP contribution in [0.25, 0.3) is 6.08 Å². The van der Waals surface area contributed by atoms with Gasteiger partial charge in [0.15, 0.2) is 11.5 Å². The van der Waals surface area contributed by atoms with Crippen LogP contribution in [0.2, 0.25) is 0 Å². The second-order valence-corrected chi connectivity index (χ2v) is 4.77. The van der Waals surface area contributed by atoms with Gasteiger partial charge in [0, 0.05) is 0 Å². The van der Waals surface area contributed by atoms with Crippen LogP contribution in [0.3, 0.4) is 0 Å². The SMILES string of the molecule is COC(=O)/C(C#N)=C/c1ccc(OC(=O)C2CC2)c(OC)c1. The molecule has 1 aliphatic carbocycles. The highest BCUT2D eigenvalue weighted by Crippen LogP contribution is 2.34. The maximum atomic E-state index is 11.7. The highest BCUT2D eigenvalue weighted by atomic mass is 16.6. The summed E-state index contributed by atoms with van der Waals surface area (Å²) >= 11 is 0. The number of methoxy groups -OCH3 is 2. The smallest absolute Gasteiger partial charge is 0.348 e. The monoisotopic (exact) mass is 301 g/mol. The summed E-state index contributed by atoms with van der Waals surface area (Å²) in [6.07, 6.45) is 3.08. The van der Waals surface area contributed by atoms with Gasteiger partial charge in [-0.25, -0.2) is 4.79 Å². The van der Waals surface area contributed by atoms with Crippen molar-refractivity contribution in [2.24, 2.45) is 5.92 Å². The van der Waals surface area contributed by atoms with Crippen LogP contribution in [0.5, 0.6) is 11.5 Å². The van der Waals surface area contributed by atoms with E-state index in [0.717, 1.165) is 12.8 Å². The molecule has 0 aromatic heterocycles. The van der Waals surface area contributed by atoms with Crippen molar-refractivity contribution in [3.05, 3.63) is 29.3 Å². The summed E-state index contributed by atoms with van der Waals surface area (Å²) in [5.74, 6) is -0.341. The van der Waals surface area contributed by atoms with Gasteiger partial charge >= 0.3 is 11.9 Å². The Kier molecular flexibility index (Phi) is 4.79. The van der Waals surface area contributed by atoms with E-state index in [9.17, 15) is 9.59 Å². The average molecular weight is 301 g/mol. The number of carbonyl (C=O) groups excluding carboxylic acids is 2. The van der Waals surface area contributed by atoms with Gasteiger partial charge in [-0.15, -0.1) is 0 Å². The minimum Gasteiger partial charge on any atom is -0.493 e.